The highest BCUT2D eigenvalue weighted by molar-refractivity contribution is 8.00. The van der Waals surface area contributed by atoms with Crippen molar-refractivity contribution in [2.75, 3.05) is 18.1 Å². The molecule has 1 fully saturated rings. The zero-order valence-electron chi connectivity index (χ0n) is 15.3. The normalized spacial score (nSPS) is 21.7. The number of hydrogen-bond donors (Lipinski definition) is 2. The van der Waals surface area contributed by atoms with Gasteiger partial charge in [0.1, 0.15) is 23.7 Å². The van der Waals surface area contributed by atoms with Gasteiger partial charge < -0.3 is 19.7 Å². The van der Waals surface area contributed by atoms with E-state index in [2.05, 4.69) is 5.32 Å². The molecule has 0 aromatic heterocycles. The highest BCUT2D eigenvalue weighted by atomic mass is 32.2. The summed E-state index contributed by atoms with van der Waals surface area (Å²) in [5.41, 5.74) is 0.0932. The maximum Gasteiger partial charge on any atom is 0.352 e. The van der Waals surface area contributed by atoms with Crippen molar-refractivity contribution in [3.05, 3.63) is 41.6 Å². The van der Waals surface area contributed by atoms with E-state index in [1.807, 2.05) is 0 Å². The number of thioether (sulfide) groups is 1. The molecule has 0 saturated carbocycles. The molecule has 29 heavy (non-hydrogen) atoms. The third kappa shape index (κ3) is 4.57. The lowest BCUT2D eigenvalue weighted by Gasteiger charge is -2.49. The van der Waals surface area contributed by atoms with Crippen LogP contribution >= 0.6 is 11.8 Å². The van der Waals surface area contributed by atoms with Gasteiger partial charge in [-0.15, -0.1) is 11.8 Å². The smallest absolute Gasteiger partial charge is 0.352 e. The van der Waals surface area contributed by atoms with Crippen molar-refractivity contribution in [1.82, 2.24) is 10.2 Å². The standard InChI is InChI=1S/C18H18N2O7S2/c1-10(21)27-7-11-8-28-17-14(16(23)20(17)15(11)18(24)25)19-13(22)9-29(26)12-5-3-2-4-6-12/h2-6,14,17H,7-9H2,1H3,(H,19,22)(H,24,25)/t14-,17-,29?/m1/s1. The van der Waals surface area contributed by atoms with Gasteiger partial charge in [-0.1, -0.05) is 18.2 Å². The molecular formula is C18H18N2O7S2. The molecule has 1 aromatic rings. The van der Waals surface area contributed by atoms with Gasteiger partial charge in [-0.2, -0.15) is 0 Å². The molecule has 0 aliphatic carbocycles. The van der Waals surface area contributed by atoms with Crippen LogP contribution in [0.25, 0.3) is 0 Å². The number of ether oxygens (including phenoxy) is 1. The molecule has 11 heteroatoms. The maximum atomic E-state index is 12.5. The van der Waals surface area contributed by atoms with E-state index in [9.17, 15) is 28.8 Å². The van der Waals surface area contributed by atoms with Gasteiger partial charge in [0, 0.05) is 18.2 Å². The molecule has 2 aliphatic rings. The monoisotopic (exact) mass is 438 g/mol. The minimum atomic E-state index is -1.55. The lowest BCUT2D eigenvalue weighted by molar-refractivity contribution is -0.150. The van der Waals surface area contributed by atoms with E-state index >= 15 is 0 Å². The van der Waals surface area contributed by atoms with Crippen LogP contribution < -0.4 is 5.32 Å². The summed E-state index contributed by atoms with van der Waals surface area (Å²) in [5.74, 6) is -3.05. The molecule has 0 radical (unpaired) electrons. The summed E-state index contributed by atoms with van der Waals surface area (Å²) in [6.07, 6.45) is 0. The predicted octanol–water partition coefficient (Wildman–Crippen LogP) is 0.0959. The lowest BCUT2D eigenvalue weighted by atomic mass is 10.0. The number of aliphatic carboxylic acids is 1. The largest absolute Gasteiger partial charge is 0.611 e. The number of carbonyl (C=O) groups excluding carboxylic acids is 3. The number of esters is 1. The molecule has 0 bridgehead atoms. The second kappa shape index (κ2) is 8.89. The van der Waals surface area contributed by atoms with Gasteiger partial charge in [-0.3, -0.25) is 19.3 Å². The van der Waals surface area contributed by atoms with Crippen molar-refractivity contribution in [3.63, 3.8) is 0 Å². The highest BCUT2D eigenvalue weighted by Gasteiger charge is 2.54. The number of fused-ring (bicyclic) bond motifs is 1. The Hall–Kier alpha value is -2.50. The second-order valence-electron chi connectivity index (χ2n) is 6.30. The molecule has 3 rings (SSSR count). The van der Waals surface area contributed by atoms with Crippen molar-refractivity contribution in [3.8, 4) is 0 Å². The van der Waals surface area contributed by atoms with Crippen molar-refractivity contribution < 1.29 is 33.6 Å². The predicted molar refractivity (Wildman–Crippen MR) is 104 cm³/mol. The van der Waals surface area contributed by atoms with Crippen molar-refractivity contribution in [2.45, 2.75) is 23.2 Å². The van der Waals surface area contributed by atoms with E-state index in [0.29, 0.717) is 10.5 Å². The number of amides is 2. The number of nitrogens with zero attached hydrogens (tertiary/aromatic N) is 1. The minimum Gasteiger partial charge on any atom is -0.611 e. The molecule has 2 aliphatic heterocycles. The van der Waals surface area contributed by atoms with Gasteiger partial charge in [0.25, 0.3) is 11.8 Å². The van der Waals surface area contributed by atoms with Crippen LogP contribution in [0.5, 0.6) is 0 Å². The van der Waals surface area contributed by atoms with Crippen molar-refractivity contribution in [2.24, 2.45) is 0 Å². The van der Waals surface area contributed by atoms with E-state index in [4.69, 9.17) is 4.74 Å². The molecule has 1 aromatic carbocycles. The number of carboxylic acids is 1. The summed E-state index contributed by atoms with van der Waals surface area (Å²) in [5, 5.41) is 11.5. The average Bonchev–Trinajstić information content (AvgIpc) is 2.70. The molecule has 2 amide bonds. The average molecular weight is 438 g/mol. The number of β-lactam (4-membered cyclic amide) rings is 1. The zero-order chi connectivity index (χ0) is 21.1. The first kappa shape index (κ1) is 21.2. The summed E-state index contributed by atoms with van der Waals surface area (Å²) in [7, 11) is 0. The van der Waals surface area contributed by atoms with Gasteiger partial charge in [0.2, 0.25) is 0 Å². The summed E-state index contributed by atoms with van der Waals surface area (Å²) in [6.45, 7) is 0.993. The van der Waals surface area contributed by atoms with Crippen LogP contribution in [0.2, 0.25) is 0 Å². The molecule has 0 spiro atoms. The fourth-order valence-corrected chi connectivity index (χ4v) is 5.25. The van der Waals surface area contributed by atoms with E-state index in [0.717, 1.165) is 4.90 Å². The number of benzene rings is 1. The number of carbonyl (C=O) groups is 4. The summed E-state index contributed by atoms with van der Waals surface area (Å²) in [6, 6.07) is 7.58. The Kier molecular flexibility index (Phi) is 6.50. The number of carboxylic acid groups (broad SMARTS) is 1. The summed E-state index contributed by atoms with van der Waals surface area (Å²) >= 11 is -0.287. The van der Waals surface area contributed by atoms with Crippen molar-refractivity contribution in [1.29, 1.82) is 0 Å². The van der Waals surface area contributed by atoms with Gasteiger partial charge in [-0.25, -0.2) is 4.79 Å². The molecular weight excluding hydrogens is 420 g/mol. The molecule has 9 nitrogen and oxygen atoms in total. The van der Waals surface area contributed by atoms with E-state index < -0.39 is 46.3 Å². The third-order valence-electron chi connectivity index (χ3n) is 4.28. The topological polar surface area (TPSA) is 136 Å². The highest BCUT2D eigenvalue weighted by Crippen LogP contribution is 2.40. The molecule has 2 N–H and O–H groups in total. The molecule has 3 atom stereocenters. The lowest BCUT2D eigenvalue weighted by Crippen LogP contribution is -2.71. The van der Waals surface area contributed by atoms with Crippen LogP contribution in [-0.4, -0.2) is 67.8 Å². The Balaban J connectivity index is 1.65. The fourth-order valence-electron chi connectivity index (χ4n) is 2.97. The Morgan fingerprint density at radius 3 is 2.66 bits per heavy atom. The zero-order valence-corrected chi connectivity index (χ0v) is 17.0. The van der Waals surface area contributed by atoms with E-state index in [-0.39, 0.29) is 23.8 Å². The third-order valence-corrected chi connectivity index (χ3v) is 6.95. The van der Waals surface area contributed by atoms with Gasteiger partial charge in [0.15, 0.2) is 10.6 Å². The fraction of sp³-hybridized carbons (Fsp3) is 0.333. The van der Waals surface area contributed by atoms with E-state index in [1.165, 1.54) is 18.7 Å². The number of nitrogens with one attached hydrogen (secondary N) is 1. The number of rotatable bonds is 7. The molecule has 154 valence electrons. The summed E-state index contributed by atoms with van der Waals surface area (Å²) < 4.78 is 17.1. The second-order valence-corrected chi connectivity index (χ2v) is 8.85. The first-order valence-corrected chi connectivity index (χ1v) is 10.9. The first-order chi connectivity index (χ1) is 13.8. The first-order valence-electron chi connectivity index (χ1n) is 8.55. The number of hydrogen-bond acceptors (Lipinski definition) is 7. The van der Waals surface area contributed by atoms with Crippen LogP contribution in [0.3, 0.4) is 0 Å². The van der Waals surface area contributed by atoms with Crippen LogP contribution in [0, 0.1) is 0 Å². The molecule has 1 saturated heterocycles. The Bertz CT molecular complexity index is 874. The quantitative estimate of drug-likeness (QED) is 0.347. The van der Waals surface area contributed by atoms with Gasteiger partial charge in [0.05, 0.1) is 0 Å². The Labute approximate surface area is 173 Å². The SMILES string of the molecule is CC(=O)OCC1=C(C(=O)O)N2C(=O)[C@@H](NC(=O)C[S+]([O-])c3ccccc3)[C@H]2SC1. The van der Waals surface area contributed by atoms with E-state index in [1.54, 1.807) is 30.3 Å². The maximum absolute atomic E-state index is 12.5. The Morgan fingerprint density at radius 1 is 1.34 bits per heavy atom. The van der Waals surface area contributed by atoms with Crippen LogP contribution in [0.15, 0.2) is 46.5 Å². The van der Waals surface area contributed by atoms with Crippen LogP contribution in [-0.2, 0) is 35.1 Å². The van der Waals surface area contributed by atoms with Crippen LogP contribution in [0.4, 0.5) is 0 Å². The molecule has 2 heterocycles. The summed E-state index contributed by atoms with van der Waals surface area (Å²) in [4.78, 5) is 49.0. The van der Waals surface area contributed by atoms with Gasteiger partial charge in [-0.05, 0) is 23.3 Å². The minimum absolute atomic E-state index is 0.215. The molecule has 1 unspecified atom stereocenters. The Morgan fingerprint density at radius 2 is 2.03 bits per heavy atom. The van der Waals surface area contributed by atoms with Gasteiger partial charge >= 0.3 is 11.9 Å². The van der Waals surface area contributed by atoms with Crippen LogP contribution in [0.1, 0.15) is 6.92 Å². The van der Waals surface area contributed by atoms with Crippen molar-refractivity contribution >= 4 is 46.7 Å².